The minimum absolute atomic E-state index is 0.144. The first-order chi connectivity index (χ1) is 8.78. The van der Waals surface area contributed by atoms with Crippen molar-refractivity contribution in [1.29, 1.82) is 0 Å². The molecule has 1 unspecified atom stereocenters. The van der Waals surface area contributed by atoms with Crippen LogP contribution >= 0.6 is 0 Å². The third-order valence-electron chi connectivity index (χ3n) is 2.25. The number of aryl methyl sites for hydroxylation is 1. The van der Waals surface area contributed by atoms with E-state index in [2.05, 4.69) is 0 Å². The molecule has 0 aromatic carbocycles. The molecule has 1 atom stereocenters. The summed E-state index contributed by atoms with van der Waals surface area (Å²) in [6.45, 7) is 0. The Morgan fingerprint density at radius 3 is 2.58 bits per heavy atom. The van der Waals surface area contributed by atoms with Gasteiger partial charge in [-0.05, 0) is 12.1 Å². The first-order valence-corrected chi connectivity index (χ1v) is 5.39. The Bertz CT molecular complexity index is 428. The lowest BCUT2D eigenvalue weighted by Crippen LogP contribution is -2.43. The van der Waals surface area contributed by atoms with Crippen LogP contribution in [-0.4, -0.2) is 29.2 Å². The molecule has 0 aliphatic rings. The number of carboxylic acids is 1. The van der Waals surface area contributed by atoms with Crippen molar-refractivity contribution in [2.75, 3.05) is 0 Å². The summed E-state index contributed by atoms with van der Waals surface area (Å²) in [4.78, 5) is 22.0. The second-order valence-corrected chi connectivity index (χ2v) is 3.86. The average molecular weight is 279 g/mol. The predicted octanol–water partition coefficient (Wildman–Crippen LogP) is 1.73. The zero-order valence-corrected chi connectivity index (χ0v) is 9.74. The summed E-state index contributed by atoms with van der Waals surface area (Å²) in [5.74, 6) is -1.99. The summed E-state index contributed by atoms with van der Waals surface area (Å²) >= 11 is 0. The molecule has 1 aromatic rings. The first-order valence-electron chi connectivity index (χ1n) is 5.39. The van der Waals surface area contributed by atoms with E-state index in [0.29, 0.717) is 5.76 Å². The fourth-order valence-electron chi connectivity index (χ4n) is 1.39. The fraction of sp³-hybridized carbons (Fsp3) is 0.455. The number of carboxylic acid groups (broad SMARTS) is 1. The highest BCUT2D eigenvalue weighted by Gasteiger charge is 2.36. The van der Waals surface area contributed by atoms with E-state index in [1.54, 1.807) is 12.1 Å². The van der Waals surface area contributed by atoms with Crippen molar-refractivity contribution in [3.05, 3.63) is 24.2 Å². The average Bonchev–Trinajstić information content (AvgIpc) is 2.76. The number of alkyl halides is 3. The van der Waals surface area contributed by atoms with Crippen LogP contribution in [0.2, 0.25) is 0 Å². The molecule has 8 heteroatoms. The third kappa shape index (κ3) is 5.94. The zero-order valence-electron chi connectivity index (χ0n) is 9.74. The Hall–Kier alpha value is -1.99. The van der Waals surface area contributed by atoms with Crippen molar-refractivity contribution in [2.24, 2.45) is 0 Å². The van der Waals surface area contributed by atoms with Crippen LogP contribution in [-0.2, 0) is 16.0 Å². The van der Waals surface area contributed by atoms with Gasteiger partial charge in [0.05, 0.1) is 12.7 Å². The highest BCUT2D eigenvalue weighted by atomic mass is 19.4. The maximum atomic E-state index is 12.1. The van der Waals surface area contributed by atoms with E-state index in [4.69, 9.17) is 9.52 Å². The third-order valence-corrected chi connectivity index (χ3v) is 2.25. The summed E-state index contributed by atoms with van der Waals surface area (Å²) in [6, 6.07) is 1.25. The highest BCUT2D eigenvalue weighted by Crippen LogP contribution is 2.21. The second kappa shape index (κ2) is 6.26. The minimum Gasteiger partial charge on any atom is -0.480 e. The lowest BCUT2D eigenvalue weighted by Gasteiger charge is -2.16. The lowest BCUT2D eigenvalue weighted by molar-refractivity contribution is -0.160. The number of hydrogen-bond acceptors (Lipinski definition) is 3. The summed E-state index contributed by atoms with van der Waals surface area (Å²) in [5.41, 5.74) is 0. The smallest absolute Gasteiger partial charge is 0.391 e. The number of hydrogen-bond donors (Lipinski definition) is 2. The fourth-order valence-corrected chi connectivity index (χ4v) is 1.39. The molecule has 0 saturated carbocycles. The molecule has 0 saturated heterocycles. The standard InChI is InChI=1S/C11H12F3NO4/c12-11(13,14)6-8(10(17)18)15-9(16)4-3-7-2-1-5-19-7/h1-2,5,8H,3-4,6H2,(H,15,16)(H,17,18). The molecule has 1 amide bonds. The first kappa shape index (κ1) is 15.1. The number of nitrogens with one attached hydrogen (secondary N) is 1. The van der Waals surface area contributed by atoms with Crippen LogP contribution in [0.4, 0.5) is 13.2 Å². The molecule has 2 N–H and O–H groups in total. The molecule has 19 heavy (non-hydrogen) atoms. The molecule has 0 aliphatic heterocycles. The predicted molar refractivity (Wildman–Crippen MR) is 57.3 cm³/mol. The van der Waals surface area contributed by atoms with Crippen LogP contribution in [0, 0.1) is 0 Å². The SMILES string of the molecule is O=C(CCc1ccco1)NC(CC(F)(F)F)C(=O)O. The van der Waals surface area contributed by atoms with E-state index in [0.717, 1.165) is 0 Å². The van der Waals surface area contributed by atoms with Gasteiger partial charge in [0.1, 0.15) is 11.8 Å². The molecule has 0 bridgehead atoms. The summed E-state index contributed by atoms with van der Waals surface area (Å²) in [5, 5.41) is 10.4. The quantitative estimate of drug-likeness (QED) is 0.831. The van der Waals surface area contributed by atoms with E-state index >= 15 is 0 Å². The molecular weight excluding hydrogens is 267 g/mol. The van der Waals surface area contributed by atoms with Gasteiger partial charge in [-0.25, -0.2) is 4.79 Å². The minimum atomic E-state index is -4.66. The van der Waals surface area contributed by atoms with Gasteiger partial charge in [0.15, 0.2) is 0 Å². The largest absolute Gasteiger partial charge is 0.480 e. The Morgan fingerprint density at radius 1 is 1.42 bits per heavy atom. The van der Waals surface area contributed by atoms with Crippen molar-refractivity contribution in [3.63, 3.8) is 0 Å². The second-order valence-electron chi connectivity index (χ2n) is 3.86. The van der Waals surface area contributed by atoms with Crippen molar-refractivity contribution in [1.82, 2.24) is 5.32 Å². The van der Waals surface area contributed by atoms with E-state index in [9.17, 15) is 22.8 Å². The molecule has 0 aliphatic carbocycles. The Balaban J connectivity index is 2.45. The van der Waals surface area contributed by atoms with Gasteiger partial charge in [-0.3, -0.25) is 4.79 Å². The Kier molecular flexibility index (Phi) is 4.96. The Labute approximate surface area is 106 Å². The summed E-state index contributed by atoms with van der Waals surface area (Å²) in [6.07, 6.45) is -4.81. The normalized spacial score (nSPS) is 13.0. The van der Waals surface area contributed by atoms with E-state index in [1.807, 2.05) is 5.32 Å². The maximum absolute atomic E-state index is 12.1. The van der Waals surface area contributed by atoms with Crippen molar-refractivity contribution in [3.8, 4) is 0 Å². The summed E-state index contributed by atoms with van der Waals surface area (Å²) in [7, 11) is 0. The van der Waals surface area contributed by atoms with Gasteiger partial charge in [-0.2, -0.15) is 13.2 Å². The van der Waals surface area contributed by atoms with E-state index in [-0.39, 0.29) is 12.8 Å². The van der Waals surface area contributed by atoms with Crippen LogP contribution in [0.5, 0.6) is 0 Å². The van der Waals surface area contributed by atoms with Gasteiger partial charge in [0.25, 0.3) is 0 Å². The van der Waals surface area contributed by atoms with E-state index < -0.39 is 30.5 Å². The zero-order chi connectivity index (χ0) is 14.5. The number of carbonyl (C=O) groups excluding carboxylic acids is 1. The van der Waals surface area contributed by atoms with Crippen LogP contribution < -0.4 is 5.32 Å². The number of furan rings is 1. The summed E-state index contributed by atoms with van der Waals surface area (Å²) < 4.78 is 41.2. The molecule has 0 spiro atoms. The van der Waals surface area contributed by atoms with Gasteiger partial charge in [-0.1, -0.05) is 0 Å². The van der Waals surface area contributed by atoms with Gasteiger partial charge >= 0.3 is 12.1 Å². The number of amides is 1. The van der Waals surface area contributed by atoms with Gasteiger partial charge in [-0.15, -0.1) is 0 Å². The number of halogens is 3. The van der Waals surface area contributed by atoms with Gasteiger partial charge in [0, 0.05) is 12.8 Å². The molecule has 5 nitrogen and oxygen atoms in total. The maximum Gasteiger partial charge on any atom is 0.391 e. The Morgan fingerprint density at radius 2 is 2.11 bits per heavy atom. The topological polar surface area (TPSA) is 79.5 Å². The molecule has 1 aromatic heterocycles. The van der Waals surface area contributed by atoms with Gasteiger partial charge in [0.2, 0.25) is 5.91 Å². The van der Waals surface area contributed by atoms with Crippen LogP contribution in [0.25, 0.3) is 0 Å². The molecule has 1 heterocycles. The van der Waals surface area contributed by atoms with Crippen molar-refractivity contribution in [2.45, 2.75) is 31.5 Å². The van der Waals surface area contributed by atoms with Gasteiger partial charge < -0.3 is 14.8 Å². The van der Waals surface area contributed by atoms with E-state index in [1.165, 1.54) is 6.26 Å². The number of aliphatic carboxylic acids is 1. The highest BCUT2D eigenvalue weighted by molar-refractivity contribution is 5.83. The number of carbonyl (C=O) groups is 2. The lowest BCUT2D eigenvalue weighted by atomic mass is 10.2. The van der Waals surface area contributed by atoms with Crippen LogP contribution in [0.3, 0.4) is 0 Å². The van der Waals surface area contributed by atoms with Crippen molar-refractivity contribution >= 4 is 11.9 Å². The van der Waals surface area contributed by atoms with Crippen LogP contribution in [0.1, 0.15) is 18.6 Å². The molecule has 0 fully saturated rings. The molecule has 106 valence electrons. The molecule has 0 radical (unpaired) electrons. The monoisotopic (exact) mass is 279 g/mol. The number of rotatable bonds is 6. The molecular formula is C11H12F3NO4. The van der Waals surface area contributed by atoms with Crippen molar-refractivity contribution < 1.29 is 32.3 Å². The molecule has 1 rings (SSSR count). The van der Waals surface area contributed by atoms with Crippen LogP contribution in [0.15, 0.2) is 22.8 Å².